The van der Waals surface area contributed by atoms with E-state index in [1.807, 2.05) is 36.8 Å². The molecular weight excluding hydrogens is 288 g/mol. The number of hydrogen-bond donors (Lipinski definition) is 1. The van der Waals surface area contributed by atoms with Gasteiger partial charge in [-0.1, -0.05) is 6.07 Å². The van der Waals surface area contributed by atoms with E-state index < -0.39 is 0 Å². The average Bonchev–Trinajstić information content (AvgIpc) is 3.00. The zero-order chi connectivity index (χ0) is 15.7. The molecule has 0 saturated carbocycles. The second-order valence-electron chi connectivity index (χ2n) is 6.22. The number of anilines is 2. The molecule has 0 spiro atoms. The van der Waals surface area contributed by atoms with Gasteiger partial charge in [-0.25, -0.2) is 9.97 Å². The van der Waals surface area contributed by atoms with E-state index in [2.05, 4.69) is 36.5 Å². The van der Waals surface area contributed by atoms with Crippen LogP contribution in [0.4, 0.5) is 11.6 Å². The maximum Gasteiger partial charge on any atom is 0.153 e. The molecule has 1 N–H and O–H groups in total. The Morgan fingerprint density at radius 2 is 2.17 bits per heavy atom. The summed E-state index contributed by atoms with van der Waals surface area (Å²) in [5.74, 6) is 1.87. The summed E-state index contributed by atoms with van der Waals surface area (Å²) >= 11 is 0. The molecule has 1 unspecified atom stereocenters. The highest BCUT2D eigenvalue weighted by Gasteiger charge is 2.37. The second kappa shape index (κ2) is 5.62. The predicted molar refractivity (Wildman–Crippen MR) is 89.9 cm³/mol. The molecule has 4 heterocycles. The van der Waals surface area contributed by atoms with Crippen LogP contribution in [-0.2, 0) is 0 Å². The van der Waals surface area contributed by atoms with Crippen molar-refractivity contribution < 1.29 is 0 Å². The van der Waals surface area contributed by atoms with E-state index >= 15 is 0 Å². The number of nitrogens with one attached hydrogen (secondary N) is 1. The van der Waals surface area contributed by atoms with Crippen LogP contribution >= 0.6 is 0 Å². The van der Waals surface area contributed by atoms with Crippen molar-refractivity contribution in [3.63, 3.8) is 0 Å². The standard InChI is InChI=1S/C17H20N6/c1-17(6-4-7-19-13-17)23(15-11-18-8-9-20-15)16-12-21-14-5-2-3-10-22(14)16/h2-3,5,8-12,19H,4,6-7,13H2,1H3. The molecule has 1 saturated heterocycles. The second-order valence-corrected chi connectivity index (χ2v) is 6.22. The first-order valence-corrected chi connectivity index (χ1v) is 7.97. The summed E-state index contributed by atoms with van der Waals surface area (Å²) < 4.78 is 2.11. The topological polar surface area (TPSA) is 58.4 Å². The van der Waals surface area contributed by atoms with Crippen molar-refractivity contribution in [2.24, 2.45) is 0 Å². The summed E-state index contributed by atoms with van der Waals surface area (Å²) in [5.41, 5.74) is 0.865. The maximum absolute atomic E-state index is 4.56. The van der Waals surface area contributed by atoms with Crippen molar-refractivity contribution in [1.29, 1.82) is 0 Å². The van der Waals surface area contributed by atoms with Crippen LogP contribution in [0.3, 0.4) is 0 Å². The van der Waals surface area contributed by atoms with Gasteiger partial charge in [0.05, 0.1) is 17.9 Å². The lowest BCUT2D eigenvalue weighted by Gasteiger charge is -2.44. The van der Waals surface area contributed by atoms with Crippen molar-refractivity contribution in [2.45, 2.75) is 25.3 Å². The number of pyridine rings is 1. The van der Waals surface area contributed by atoms with Crippen LogP contribution < -0.4 is 10.2 Å². The number of hydrogen-bond acceptors (Lipinski definition) is 5. The van der Waals surface area contributed by atoms with E-state index in [4.69, 9.17) is 0 Å². The molecule has 6 nitrogen and oxygen atoms in total. The van der Waals surface area contributed by atoms with Gasteiger partial charge in [0, 0.05) is 25.1 Å². The number of aromatic nitrogens is 4. The largest absolute Gasteiger partial charge is 0.314 e. The lowest BCUT2D eigenvalue weighted by atomic mass is 9.90. The van der Waals surface area contributed by atoms with Gasteiger partial charge in [0.1, 0.15) is 11.5 Å². The molecule has 23 heavy (non-hydrogen) atoms. The minimum Gasteiger partial charge on any atom is -0.314 e. The van der Waals surface area contributed by atoms with Crippen LogP contribution in [0, 0.1) is 0 Å². The monoisotopic (exact) mass is 308 g/mol. The van der Waals surface area contributed by atoms with Crippen molar-refractivity contribution >= 4 is 17.3 Å². The van der Waals surface area contributed by atoms with Gasteiger partial charge in [-0.3, -0.25) is 9.38 Å². The Bertz CT molecular complexity index is 791. The fourth-order valence-corrected chi connectivity index (χ4v) is 3.39. The molecule has 4 rings (SSSR count). The van der Waals surface area contributed by atoms with Crippen molar-refractivity contribution in [3.8, 4) is 0 Å². The van der Waals surface area contributed by atoms with Crippen molar-refractivity contribution in [1.82, 2.24) is 24.7 Å². The summed E-state index contributed by atoms with van der Waals surface area (Å²) in [6, 6.07) is 6.04. The van der Waals surface area contributed by atoms with Gasteiger partial charge in [-0.05, 0) is 38.4 Å². The van der Waals surface area contributed by atoms with Crippen LogP contribution in [0.1, 0.15) is 19.8 Å². The third kappa shape index (κ3) is 2.45. The summed E-state index contributed by atoms with van der Waals surface area (Å²) in [4.78, 5) is 15.6. The van der Waals surface area contributed by atoms with Gasteiger partial charge in [0.25, 0.3) is 0 Å². The van der Waals surface area contributed by atoms with Crippen LogP contribution in [0.2, 0.25) is 0 Å². The molecule has 1 aliphatic heterocycles. The molecule has 0 radical (unpaired) electrons. The minimum atomic E-state index is -0.0694. The number of rotatable bonds is 3. The lowest BCUT2D eigenvalue weighted by molar-refractivity contribution is 0.334. The highest BCUT2D eigenvalue weighted by Crippen LogP contribution is 2.35. The molecule has 0 aromatic carbocycles. The first-order valence-electron chi connectivity index (χ1n) is 7.97. The Labute approximate surface area is 135 Å². The maximum atomic E-state index is 4.56. The smallest absolute Gasteiger partial charge is 0.153 e. The molecule has 0 amide bonds. The highest BCUT2D eigenvalue weighted by atomic mass is 15.3. The SMILES string of the molecule is CC1(N(c2cnccn2)c2cnc3ccccn23)CCCNC1. The fraction of sp³-hybridized carbons (Fsp3) is 0.353. The molecule has 6 heteroatoms. The summed E-state index contributed by atoms with van der Waals surface area (Å²) in [6.07, 6.45) is 11.5. The molecular formula is C17H20N6. The molecule has 1 fully saturated rings. The van der Waals surface area contributed by atoms with Crippen molar-refractivity contribution in [3.05, 3.63) is 49.2 Å². The molecule has 0 aliphatic carbocycles. The molecule has 0 bridgehead atoms. The van der Waals surface area contributed by atoms with Crippen molar-refractivity contribution in [2.75, 3.05) is 18.0 Å². The Morgan fingerprint density at radius 1 is 1.22 bits per heavy atom. The molecule has 118 valence electrons. The zero-order valence-corrected chi connectivity index (χ0v) is 13.2. The van der Waals surface area contributed by atoms with Crippen LogP contribution in [0.25, 0.3) is 5.65 Å². The van der Waals surface area contributed by atoms with E-state index in [9.17, 15) is 0 Å². The molecule has 3 aromatic rings. The fourth-order valence-electron chi connectivity index (χ4n) is 3.39. The number of fused-ring (bicyclic) bond motifs is 1. The first-order chi connectivity index (χ1) is 11.3. The molecule has 3 aromatic heterocycles. The zero-order valence-electron chi connectivity index (χ0n) is 13.2. The van der Waals surface area contributed by atoms with E-state index in [1.54, 1.807) is 12.4 Å². The quantitative estimate of drug-likeness (QED) is 0.805. The Balaban J connectivity index is 1.88. The third-order valence-electron chi connectivity index (χ3n) is 4.52. The average molecular weight is 308 g/mol. The van der Waals surface area contributed by atoms with E-state index in [0.717, 1.165) is 43.2 Å². The van der Waals surface area contributed by atoms with Gasteiger partial charge < -0.3 is 10.2 Å². The van der Waals surface area contributed by atoms with Gasteiger partial charge in [0.15, 0.2) is 5.82 Å². The van der Waals surface area contributed by atoms with E-state index in [-0.39, 0.29) is 5.54 Å². The Hall–Kier alpha value is -2.47. The first kappa shape index (κ1) is 14.1. The number of nitrogens with zero attached hydrogens (tertiary/aromatic N) is 5. The van der Waals surface area contributed by atoms with Crippen LogP contribution in [-0.4, -0.2) is 38.0 Å². The minimum absolute atomic E-state index is 0.0694. The Morgan fingerprint density at radius 3 is 2.96 bits per heavy atom. The van der Waals surface area contributed by atoms with E-state index in [1.165, 1.54) is 0 Å². The molecule has 1 atom stereocenters. The Kier molecular flexibility index (Phi) is 3.46. The van der Waals surface area contributed by atoms with E-state index in [0.29, 0.717) is 0 Å². The number of imidazole rings is 1. The number of piperidine rings is 1. The van der Waals surface area contributed by atoms with Gasteiger partial charge in [0.2, 0.25) is 0 Å². The van der Waals surface area contributed by atoms with Gasteiger partial charge in [-0.15, -0.1) is 0 Å². The van der Waals surface area contributed by atoms with Crippen LogP contribution in [0.15, 0.2) is 49.2 Å². The summed E-state index contributed by atoms with van der Waals surface area (Å²) in [5, 5.41) is 3.52. The normalized spacial score (nSPS) is 21.4. The summed E-state index contributed by atoms with van der Waals surface area (Å²) in [6.45, 7) is 4.25. The van der Waals surface area contributed by atoms with Crippen LogP contribution in [0.5, 0.6) is 0 Å². The van der Waals surface area contributed by atoms with Gasteiger partial charge in [-0.2, -0.15) is 0 Å². The predicted octanol–water partition coefficient (Wildman–Crippen LogP) is 2.40. The molecule has 1 aliphatic rings. The third-order valence-corrected chi connectivity index (χ3v) is 4.52. The van der Waals surface area contributed by atoms with Gasteiger partial charge >= 0.3 is 0 Å². The lowest BCUT2D eigenvalue weighted by Crippen LogP contribution is -2.54. The highest BCUT2D eigenvalue weighted by molar-refractivity contribution is 5.62. The summed E-state index contributed by atoms with van der Waals surface area (Å²) in [7, 11) is 0.